The average molecular weight is 505 g/mol. The summed E-state index contributed by atoms with van der Waals surface area (Å²) >= 11 is 0. The Morgan fingerprint density at radius 1 is 1.37 bits per heavy atom. The van der Waals surface area contributed by atoms with Gasteiger partial charge < -0.3 is 14.7 Å². The van der Waals surface area contributed by atoms with E-state index in [1.54, 1.807) is 24.3 Å². The van der Waals surface area contributed by atoms with E-state index >= 15 is 0 Å². The Morgan fingerprint density at radius 2 is 2.03 bits per heavy atom. The molecule has 1 aromatic rings. The maximum absolute atomic E-state index is 11.6. The number of rotatable bonds is 9. The topological polar surface area (TPSA) is 90.6 Å². The lowest BCUT2D eigenvalue weighted by atomic mass is 10.1. The minimum absolute atomic E-state index is 0.00849. The van der Waals surface area contributed by atoms with E-state index in [4.69, 9.17) is 10.00 Å². The van der Waals surface area contributed by atoms with Crippen LogP contribution in [0, 0.1) is 23.2 Å². The number of nitriles is 1. The molecule has 196 valence electrons. The molecule has 0 bridgehead atoms. The van der Waals surface area contributed by atoms with Crippen molar-refractivity contribution in [1.29, 1.82) is 5.26 Å². The van der Waals surface area contributed by atoms with Gasteiger partial charge in [0.2, 0.25) is 0 Å². The molecule has 1 saturated heterocycles. The van der Waals surface area contributed by atoms with E-state index in [1.807, 2.05) is 39.8 Å². The number of aliphatic hydroxyl groups is 1. The molecule has 0 aromatic heterocycles. The zero-order chi connectivity index (χ0) is 27.0. The predicted octanol–water partition coefficient (Wildman–Crippen LogP) is 5.64. The van der Waals surface area contributed by atoms with Gasteiger partial charge in [0.05, 0.1) is 24.8 Å². The second-order valence-electron chi connectivity index (χ2n) is 8.53. The molecule has 0 aliphatic carbocycles. The summed E-state index contributed by atoms with van der Waals surface area (Å²) in [6, 6.07) is 9.33. The van der Waals surface area contributed by atoms with Gasteiger partial charge in [-0.15, -0.1) is 0 Å². The minimum Gasteiger partial charge on any atom is -0.497 e. The third-order valence-corrected chi connectivity index (χ3v) is 7.11. The van der Waals surface area contributed by atoms with Crippen molar-refractivity contribution in [2.75, 3.05) is 33.0 Å². The lowest BCUT2D eigenvalue weighted by molar-refractivity contribution is 0.124. The van der Waals surface area contributed by atoms with Crippen molar-refractivity contribution in [3.8, 4) is 6.07 Å². The van der Waals surface area contributed by atoms with Gasteiger partial charge in [-0.05, 0) is 67.1 Å². The van der Waals surface area contributed by atoms with Gasteiger partial charge in [-0.3, -0.25) is 0 Å². The van der Waals surface area contributed by atoms with Crippen LogP contribution in [0.2, 0.25) is 0 Å². The fourth-order valence-electron chi connectivity index (χ4n) is 3.60. The van der Waals surface area contributed by atoms with E-state index < -0.39 is 15.9 Å². The minimum atomic E-state index is -3.16. The summed E-state index contributed by atoms with van der Waals surface area (Å²) in [5, 5.41) is 19.0. The van der Waals surface area contributed by atoms with Crippen LogP contribution in [0.4, 0.5) is 0 Å². The Labute approximate surface area is 213 Å². The molecule has 0 amide bonds. The number of benzene rings is 1. The van der Waals surface area contributed by atoms with Crippen LogP contribution in [-0.2, 0) is 14.6 Å². The van der Waals surface area contributed by atoms with Crippen LogP contribution in [0.5, 0.6) is 0 Å². The van der Waals surface area contributed by atoms with Crippen molar-refractivity contribution in [2.45, 2.75) is 53.6 Å². The number of β-amino-alcohol motifs (C(OH)–C–C–N with tert-alkyl or cyclic N) is 1. The van der Waals surface area contributed by atoms with Crippen LogP contribution in [0.3, 0.4) is 0 Å². The molecule has 0 radical (unpaired) electrons. The molecular formula is C28H44N2O4S. The number of aliphatic hydroxyl groups excluding tert-OH is 1. The predicted molar refractivity (Wildman–Crippen MR) is 145 cm³/mol. The van der Waals surface area contributed by atoms with Gasteiger partial charge in [0.1, 0.15) is 5.76 Å². The molecule has 1 fully saturated rings. The first-order valence-corrected chi connectivity index (χ1v) is 14.1. The van der Waals surface area contributed by atoms with E-state index in [-0.39, 0.29) is 5.92 Å². The van der Waals surface area contributed by atoms with Crippen molar-refractivity contribution in [1.82, 2.24) is 4.90 Å². The molecule has 1 heterocycles. The summed E-state index contributed by atoms with van der Waals surface area (Å²) in [5.74, 6) is 1.28. The Hall–Kier alpha value is -2.40. The second kappa shape index (κ2) is 17.1. The van der Waals surface area contributed by atoms with Crippen LogP contribution in [-0.4, -0.2) is 51.4 Å². The van der Waals surface area contributed by atoms with E-state index in [0.717, 1.165) is 31.0 Å². The van der Waals surface area contributed by atoms with Gasteiger partial charge in [0.25, 0.3) is 0 Å². The number of hydrogen-bond donors (Lipinski definition) is 1. The van der Waals surface area contributed by atoms with Crippen LogP contribution >= 0.6 is 0 Å². The third-order valence-electron chi connectivity index (χ3n) is 5.71. The van der Waals surface area contributed by atoms with Crippen molar-refractivity contribution in [3.05, 3.63) is 70.9 Å². The second-order valence-corrected chi connectivity index (χ2v) is 10.6. The van der Waals surface area contributed by atoms with Gasteiger partial charge in [0, 0.05) is 24.3 Å². The maximum Gasteiger partial charge on any atom is 0.171 e. The number of hydrogen-bond acceptors (Lipinski definition) is 6. The van der Waals surface area contributed by atoms with Crippen molar-refractivity contribution >= 4 is 9.84 Å². The summed E-state index contributed by atoms with van der Waals surface area (Å²) in [4.78, 5) is 2.71. The summed E-state index contributed by atoms with van der Waals surface area (Å²) < 4.78 is 28.1. The van der Waals surface area contributed by atoms with E-state index in [0.29, 0.717) is 22.8 Å². The van der Waals surface area contributed by atoms with Gasteiger partial charge in [-0.2, -0.15) is 5.26 Å². The number of allylic oxidation sites excluding steroid dienone is 4. The highest BCUT2D eigenvalue weighted by atomic mass is 32.2. The van der Waals surface area contributed by atoms with Crippen LogP contribution in [0.15, 0.2) is 59.7 Å². The molecule has 0 spiro atoms. The molecule has 35 heavy (non-hydrogen) atoms. The summed E-state index contributed by atoms with van der Waals surface area (Å²) in [5.41, 5.74) is 1.44. The van der Waals surface area contributed by atoms with E-state index in [2.05, 4.69) is 24.5 Å². The molecule has 0 saturated carbocycles. The highest BCUT2D eigenvalue weighted by Crippen LogP contribution is 2.21. The van der Waals surface area contributed by atoms with Crippen molar-refractivity contribution in [3.63, 3.8) is 0 Å². The molecule has 1 aliphatic rings. The Bertz CT molecular complexity index is 977. The van der Waals surface area contributed by atoms with Gasteiger partial charge in [0.15, 0.2) is 9.84 Å². The van der Waals surface area contributed by atoms with Crippen molar-refractivity contribution in [2.24, 2.45) is 11.8 Å². The largest absolute Gasteiger partial charge is 0.497 e. The van der Waals surface area contributed by atoms with Gasteiger partial charge >= 0.3 is 0 Å². The van der Waals surface area contributed by atoms with Crippen LogP contribution in [0.1, 0.15) is 64.7 Å². The zero-order valence-electron chi connectivity index (χ0n) is 22.5. The standard InChI is InChI=1S/C14H18N2O.C12H20O3S.C2H6/c1-11-5-6-16(9-11)10-14(17)13-4-2-3-12(7-13)8-15;1-6-10(3)12(16(5,13)14)9-8-11(7-2)15-4;1-2/h2-4,7,11,14,17H,5-6,9-10H2,1H3;7-10H,2,6H2,1,3-5H3;1-2H3/b;11-8+,12-9+;/t11-,14?;;/m0../s1. The lowest BCUT2D eigenvalue weighted by Gasteiger charge is -2.20. The summed E-state index contributed by atoms with van der Waals surface area (Å²) in [6.07, 6.45) is 7.47. The number of sulfone groups is 1. The fourth-order valence-corrected chi connectivity index (χ4v) is 4.81. The zero-order valence-corrected chi connectivity index (χ0v) is 23.3. The fraction of sp³-hybridized carbons (Fsp3) is 0.536. The van der Waals surface area contributed by atoms with Gasteiger partial charge in [-0.25, -0.2) is 8.42 Å². The smallest absolute Gasteiger partial charge is 0.171 e. The monoisotopic (exact) mass is 504 g/mol. The number of likely N-dealkylation sites (tertiary alicyclic amines) is 1. The molecule has 1 aromatic carbocycles. The molecule has 3 atom stereocenters. The highest BCUT2D eigenvalue weighted by Gasteiger charge is 2.21. The number of nitrogens with zero attached hydrogens (tertiary/aromatic N) is 2. The van der Waals surface area contributed by atoms with Crippen LogP contribution < -0.4 is 0 Å². The molecule has 7 heteroatoms. The van der Waals surface area contributed by atoms with E-state index in [1.165, 1.54) is 25.9 Å². The molecule has 1 N–H and O–H groups in total. The van der Waals surface area contributed by atoms with Gasteiger partial charge in [-0.1, -0.05) is 53.3 Å². The number of methoxy groups -OCH3 is 1. The van der Waals surface area contributed by atoms with Crippen LogP contribution in [0.25, 0.3) is 0 Å². The maximum atomic E-state index is 11.6. The first-order chi connectivity index (χ1) is 16.5. The Balaban J connectivity index is 0.000000619. The Morgan fingerprint density at radius 3 is 2.49 bits per heavy atom. The SMILES string of the molecule is C=C/C(=C\C=C(/C(C)CC)S(C)(=O)=O)OC.CC.C[C@H]1CCN(CC(O)c2cccc(C#N)c2)C1. The normalized spacial score (nSPS) is 18.2. The molecule has 6 nitrogen and oxygen atoms in total. The summed E-state index contributed by atoms with van der Waals surface area (Å²) in [6.45, 7) is 16.4. The first kappa shape index (κ1) is 32.6. The highest BCUT2D eigenvalue weighted by molar-refractivity contribution is 7.94. The number of ether oxygens (including phenoxy) is 1. The third kappa shape index (κ3) is 12.2. The molecular weight excluding hydrogens is 460 g/mol. The molecule has 2 unspecified atom stereocenters. The first-order valence-electron chi connectivity index (χ1n) is 12.2. The Kier molecular flexibility index (Phi) is 15.9. The van der Waals surface area contributed by atoms with Crippen molar-refractivity contribution < 1.29 is 18.3 Å². The van der Waals surface area contributed by atoms with E-state index in [9.17, 15) is 13.5 Å². The lowest BCUT2D eigenvalue weighted by Crippen LogP contribution is -2.26. The average Bonchev–Trinajstić information content (AvgIpc) is 3.26. The summed E-state index contributed by atoms with van der Waals surface area (Å²) in [7, 11) is -1.64. The molecule has 1 aliphatic heterocycles. The quantitative estimate of drug-likeness (QED) is 0.346. The molecule has 2 rings (SSSR count).